The van der Waals surface area contributed by atoms with Crippen molar-refractivity contribution in [3.63, 3.8) is 0 Å². The highest BCUT2D eigenvalue weighted by Gasteiger charge is 2.43. The van der Waals surface area contributed by atoms with Crippen molar-refractivity contribution in [2.45, 2.75) is 25.0 Å². The molecule has 0 aliphatic carbocycles. The summed E-state index contributed by atoms with van der Waals surface area (Å²) in [5.41, 5.74) is 0.561. The first kappa shape index (κ1) is 20.4. The lowest BCUT2D eigenvalue weighted by Gasteiger charge is -2.39. The van der Waals surface area contributed by atoms with E-state index >= 15 is 0 Å². The van der Waals surface area contributed by atoms with E-state index in [0.29, 0.717) is 19.8 Å². The molecule has 1 saturated heterocycles. The predicted octanol–water partition coefficient (Wildman–Crippen LogP) is 2.06. The van der Waals surface area contributed by atoms with E-state index in [-0.39, 0.29) is 18.3 Å². The Morgan fingerprint density at radius 3 is 2.65 bits per heavy atom. The molecule has 1 aliphatic heterocycles. The SMILES string of the molecule is CN(CCOCc1ccccc1)C(=O)C1(n2cccn2)CCNCC1.Cl. The van der Waals surface area contributed by atoms with E-state index in [9.17, 15) is 4.79 Å². The van der Waals surface area contributed by atoms with Gasteiger partial charge in [-0.15, -0.1) is 12.4 Å². The van der Waals surface area contributed by atoms with Gasteiger partial charge in [0.05, 0.1) is 13.2 Å². The Labute approximate surface area is 160 Å². The zero-order valence-electron chi connectivity index (χ0n) is 15.1. The molecule has 1 aromatic carbocycles. The molecular formula is C19H27ClN4O2. The van der Waals surface area contributed by atoms with Gasteiger partial charge in [0, 0.05) is 26.0 Å². The third-order valence-corrected chi connectivity index (χ3v) is 4.80. The molecular weight excluding hydrogens is 352 g/mol. The maximum Gasteiger partial charge on any atom is 0.250 e. The number of likely N-dealkylation sites (N-methyl/N-ethyl adjacent to an activating group) is 1. The average molecular weight is 379 g/mol. The van der Waals surface area contributed by atoms with Crippen LogP contribution in [0.1, 0.15) is 18.4 Å². The fourth-order valence-corrected chi connectivity index (χ4v) is 3.33. The molecule has 0 radical (unpaired) electrons. The number of nitrogens with zero attached hydrogens (tertiary/aromatic N) is 3. The average Bonchev–Trinajstić information content (AvgIpc) is 3.21. The van der Waals surface area contributed by atoms with Crippen LogP contribution in [-0.4, -0.2) is 53.9 Å². The summed E-state index contributed by atoms with van der Waals surface area (Å²) in [6.07, 6.45) is 5.13. The lowest BCUT2D eigenvalue weighted by Crippen LogP contribution is -2.55. The fourth-order valence-electron chi connectivity index (χ4n) is 3.33. The molecule has 0 atom stereocenters. The highest BCUT2D eigenvalue weighted by molar-refractivity contribution is 5.85. The van der Waals surface area contributed by atoms with Gasteiger partial charge in [0.1, 0.15) is 5.54 Å². The van der Waals surface area contributed by atoms with Crippen LogP contribution >= 0.6 is 12.4 Å². The molecule has 1 amide bonds. The molecule has 7 heteroatoms. The first-order valence-electron chi connectivity index (χ1n) is 8.80. The Hall–Kier alpha value is -1.89. The van der Waals surface area contributed by atoms with Crippen LogP contribution in [0.2, 0.25) is 0 Å². The second kappa shape index (κ2) is 9.71. The lowest BCUT2D eigenvalue weighted by molar-refractivity contribution is -0.142. The summed E-state index contributed by atoms with van der Waals surface area (Å²) in [6, 6.07) is 11.9. The molecule has 26 heavy (non-hydrogen) atoms. The first-order valence-corrected chi connectivity index (χ1v) is 8.80. The molecule has 3 rings (SSSR count). The van der Waals surface area contributed by atoms with Gasteiger partial charge in [-0.2, -0.15) is 5.10 Å². The number of carbonyl (C=O) groups excluding carboxylic acids is 1. The van der Waals surface area contributed by atoms with Gasteiger partial charge in [0.2, 0.25) is 5.91 Å². The molecule has 1 aromatic heterocycles. The van der Waals surface area contributed by atoms with Crippen LogP contribution in [0.15, 0.2) is 48.8 Å². The summed E-state index contributed by atoms with van der Waals surface area (Å²) >= 11 is 0. The van der Waals surface area contributed by atoms with Crippen LogP contribution in [0.4, 0.5) is 0 Å². The molecule has 0 spiro atoms. The number of ether oxygens (including phenoxy) is 1. The van der Waals surface area contributed by atoms with Gasteiger partial charge in [-0.1, -0.05) is 30.3 Å². The molecule has 1 aliphatic rings. The second-order valence-corrected chi connectivity index (χ2v) is 6.50. The monoisotopic (exact) mass is 378 g/mol. The van der Waals surface area contributed by atoms with E-state index in [2.05, 4.69) is 10.4 Å². The summed E-state index contributed by atoms with van der Waals surface area (Å²) in [7, 11) is 1.85. The van der Waals surface area contributed by atoms with Crippen molar-refractivity contribution in [1.82, 2.24) is 20.0 Å². The summed E-state index contributed by atoms with van der Waals surface area (Å²) in [6.45, 7) is 3.30. The van der Waals surface area contributed by atoms with Crippen molar-refractivity contribution in [1.29, 1.82) is 0 Å². The maximum atomic E-state index is 13.2. The van der Waals surface area contributed by atoms with E-state index in [4.69, 9.17) is 4.74 Å². The Morgan fingerprint density at radius 2 is 2.00 bits per heavy atom. The summed E-state index contributed by atoms with van der Waals surface area (Å²) in [5.74, 6) is 0.112. The molecule has 2 aromatic rings. The van der Waals surface area contributed by atoms with Gasteiger partial charge >= 0.3 is 0 Å². The predicted molar refractivity (Wildman–Crippen MR) is 103 cm³/mol. The molecule has 6 nitrogen and oxygen atoms in total. The van der Waals surface area contributed by atoms with E-state index in [1.54, 1.807) is 11.1 Å². The molecule has 1 N–H and O–H groups in total. The number of aromatic nitrogens is 2. The van der Waals surface area contributed by atoms with Crippen LogP contribution in [-0.2, 0) is 21.7 Å². The van der Waals surface area contributed by atoms with Crippen LogP contribution in [0.3, 0.4) is 0 Å². The zero-order chi connectivity index (χ0) is 17.5. The Balaban J connectivity index is 0.00000243. The number of carbonyl (C=O) groups is 1. The minimum atomic E-state index is -0.580. The minimum Gasteiger partial charge on any atom is -0.375 e. The minimum absolute atomic E-state index is 0. The van der Waals surface area contributed by atoms with Crippen LogP contribution in [0, 0.1) is 0 Å². The summed E-state index contributed by atoms with van der Waals surface area (Å²) in [4.78, 5) is 14.9. The topological polar surface area (TPSA) is 59.4 Å². The quantitative estimate of drug-likeness (QED) is 0.749. The van der Waals surface area contributed by atoms with Crippen LogP contribution < -0.4 is 5.32 Å². The lowest BCUT2D eigenvalue weighted by atomic mass is 9.87. The van der Waals surface area contributed by atoms with Gasteiger partial charge in [-0.05, 0) is 37.6 Å². The van der Waals surface area contributed by atoms with Crippen molar-refractivity contribution in [2.24, 2.45) is 0 Å². The molecule has 0 bridgehead atoms. The third kappa shape index (κ3) is 4.63. The number of halogens is 1. The Morgan fingerprint density at radius 1 is 1.27 bits per heavy atom. The molecule has 0 saturated carbocycles. The molecule has 0 unspecified atom stereocenters. The number of piperidine rings is 1. The van der Waals surface area contributed by atoms with Crippen LogP contribution in [0.25, 0.3) is 0 Å². The molecule has 1 fully saturated rings. The summed E-state index contributed by atoms with van der Waals surface area (Å²) in [5, 5.41) is 7.69. The van der Waals surface area contributed by atoms with Crippen molar-refractivity contribution in [3.8, 4) is 0 Å². The number of rotatable bonds is 7. The van der Waals surface area contributed by atoms with Gasteiger partial charge in [0.15, 0.2) is 0 Å². The van der Waals surface area contributed by atoms with Crippen LogP contribution in [0.5, 0.6) is 0 Å². The number of hydrogen-bond acceptors (Lipinski definition) is 4. The normalized spacial score (nSPS) is 15.9. The van der Waals surface area contributed by atoms with Crippen molar-refractivity contribution >= 4 is 18.3 Å². The second-order valence-electron chi connectivity index (χ2n) is 6.50. The zero-order valence-corrected chi connectivity index (χ0v) is 16.0. The van der Waals surface area contributed by atoms with E-state index in [1.165, 1.54) is 0 Å². The van der Waals surface area contributed by atoms with E-state index < -0.39 is 5.54 Å². The Kier molecular flexibility index (Phi) is 7.63. The number of nitrogens with one attached hydrogen (secondary N) is 1. The molecule has 2 heterocycles. The van der Waals surface area contributed by atoms with Crippen molar-refractivity contribution in [2.75, 3.05) is 33.3 Å². The number of benzene rings is 1. The van der Waals surface area contributed by atoms with Gasteiger partial charge < -0.3 is 15.0 Å². The van der Waals surface area contributed by atoms with E-state index in [0.717, 1.165) is 31.5 Å². The van der Waals surface area contributed by atoms with Gasteiger partial charge in [0.25, 0.3) is 0 Å². The third-order valence-electron chi connectivity index (χ3n) is 4.80. The van der Waals surface area contributed by atoms with Crippen molar-refractivity contribution in [3.05, 3.63) is 54.4 Å². The number of hydrogen-bond donors (Lipinski definition) is 1. The maximum absolute atomic E-state index is 13.2. The number of amides is 1. The fraction of sp³-hybridized carbons (Fsp3) is 0.474. The van der Waals surface area contributed by atoms with Gasteiger partial charge in [-0.25, -0.2) is 0 Å². The highest BCUT2D eigenvalue weighted by Crippen LogP contribution is 2.29. The highest BCUT2D eigenvalue weighted by atomic mass is 35.5. The molecule has 142 valence electrons. The van der Waals surface area contributed by atoms with Crippen molar-refractivity contribution < 1.29 is 9.53 Å². The van der Waals surface area contributed by atoms with Gasteiger partial charge in [-0.3, -0.25) is 9.48 Å². The standard InChI is InChI=1S/C19H26N4O2.ClH/c1-22(14-15-25-16-17-6-3-2-4-7-17)18(24)19(8-11-20-12-9-19)23-13-5-10-21-23;/h2-7,10,13,20H,8-9,11-12,14-16H2,1H3;1H. The largest absolute Gasteiger partial charge is 0.375 e. The van der Waals surface area contributed by atoms with E-state index in [1.807, 2.05) is 54.3 Å². The Bertz CT molecular complexity index is 657. The smallest absolute Gasteiger partial charge is 0.250 e. The first-order chi connectivity index (χ1) is 12.2. The summed E-state index contributed by atoms with van der Waals surface area (Å²) < 4.78 is 7.55.